The Balaban J connectivity index is 2.11. The summed E-state index contributed by atoms with van der Waals surface area (Å²) in [6.07, 6.45) is 3.51. The zero-order valence-electron chi connectivity index (χ0n) is 9.89. The topological polar surface area (TPSA) is 71.2 Å². The van der Waals surface area contributed by atoms with E-state index in [1.165, 1.54) is 0 Å². The number of benzene rings is 1. The summed E-state index contributed by atoms with van der Waals surface area (Å²) in [5.74, 6) is 0.0558. The highest BCUT2D eigenvalue weighted by atomic mass is 16.2. The number of carbonyl (C=O) groups excluding carboxylic acids is 1. The van der Waals surface area contributed by atoms with Gasteiger partial charge in [0.15, 0.2) is 0 Å². The zero-order chi connectivity index (χ0) is 12.5. The smallest absolute Gasteiger partial charge is 0.239 e. The molecule has 0 aliphatic carbocycles. The number of fused-ring (bicyclic) bond motifs is 1. The molecule has 18 heavy (non-hydrogen) atoms. The molecule has 1 saturated heterocycles. The SMILES string of the molecule is Nc1ccc(N2CCNC(=O)C2)c2ccncc12. The quantitative estimate of drug-likeness (QED) is 0.724. The Morgan fingerprint density at radius 3 is 3.00 bits per heavy atom. The lowest BCUT2D eigenvalue weighted by molar-refractivity contribution is -0.120. The Bertz CT molecular complexity index is 611. The number of anilines is 2. The molecule has 1 aliphatic heterocycles. The molecule has 0 bridgehead atoms. The number of nitrogens with two attached hydrogens (primary N) is 1. The van der Waals surface area contributed by atoms with Gasteiger partial charge >= 0.3 is 0 Å². The van der Waals surface area contributed by atoms with Gasteiger partial charge in [0, 0.05) is 47.6 Å². The second-order valence-electron chi connectivity index (χ2n) is 4.37. The molecule has 2 heterocycles. The van der Waals surface area contributed by atoms with Crippen molar-refractivity contribution >= 4 is 28.1 Å². The number of pyridine rings is 1. The number of piperazine rings is 1. The molecule has 2 aromatic rings. The molecule has 0 atom stereocenters. The molecular formula is C13H14N4O. The van der Waals surface area contributed by atoms with Crippen LogP contribution in [0.5, 0.6) is 0 Å². The molecule has 5 heteroatoms. The van der Waals surface area contributed by atoms with Gasteiger partial charge in [0.25, 0.3) is 0 Å². The van der Waals surface area contributed by atoms with Crippen LogP contribution in [0.1, 0.15) is 0 Å². The number of rotatable bonds is 1. The molecule has 5 nitrogen and oxygen atoms in total. The van der Waals surface area contributed by atoms with Crippen molar-refractivity contribution in [3.05, 3.63) is 30.6 Å². The largest absolute Gasteiger partial charge is 0.398 e. The lowest BCUT2D eigenvalue weighted by Gasteiger charge is -2.29. The van der Waals surface area contributed by atoms with Crippen LogP contribution in [0.3, 0.4) is 0 Å². The highest BCUT2D eigenvalue weighted by Crippen LogP contribution is 2.30. The van der Waals surface area contributed by atoms with Gasteiger partial charge in [-0.2, -0.15) is 0 Å². The van der Waals surface area contributed by atoms with Crippen molar-refractivity contribution < 1.29 is 4.79 Å². The van der Waals surface area contributed by atoms with Gasteiger partial charge in [-0.3, -0.25) is 9.78 Å². The van der Waals surface area contributed by atoms with Gasteiger partial charge in [0.1, 0.15) is 0 Å². The second-order valence-corrected chi connectivity index (χ2v) is 4.37. The second kappa shape index (κ2) is 4.18. The first-order chi connectivity index (χ1) is 8.75. The van der Waals surface area contributed by atoms with E-state index in [-0.39, 0.29) is 5.91 Å². The van der Waals surface area contributed by atoms with Crippen molar-refractivity contribution in [1.82, 2.24) is 10.3 Å². The number of hydrogen-bond donors (Lipinski definition) is 2. The summed E-state index contributed by atoms with van der Waals surface area (Å²) in [5.41, 5.74) is 7.69. The van der Waals surface area contributed by atoms with Gasteiger partial charge in [0.2, 0.25) is 5.91 Å². The van der Waals surface area contributed by atoms with Crippen molar-refractivity contribution in [3.8, 4) is 0 Å². The van der Waals surface area contributed by atoms with E-state index in [0.29, 0.717) is 18.8 Å². The van der Waals surface area contributed by atoms with Crippen LogP contribution in [0.25, 0.3) is 10.8 Å². The van der Waals surface area contributed by atoms with Crippen LogP contribution in [0.15, 0.2) is 30.6 Å². The summed E-state index contributed by atoms with van der Waals surface area (Å²) in [6, 6.07) is 5.77. The minimum Gasteiger partial charge on any atom is -0.398 e. The normalized spacial score (nSPS) is 15.8. The van der Waals surface area contributed by atoms with Crippen molar-refractivity contribution in [2.75, 3.05) is 30.3 Å². The number of aromatic nitrogens is 1. The first-order valence-corrected chi connectivity index (χ1v) is 5.89. The molecule has 0 spiro atoms. The molecule has 3 N–H and O–H groups in total. The number of carbonyl (C=O) groups is 1. The lowest BCUT2D eigenvalue weighted by atomic mass is 10.1. The van der Waals surface area contributed by atoms with Crippen LogP contribution in [0.4, 0.5) is 11.4 Å². The first-order valence-electron chi connectivity index (χ1n) is 5.89. The molecule has 3 rings (SSSR count). The Hall–Kier alpha value is -2.30. The summed E-state index contributed by atoms with van der Waals surface area (Å²) < 4.78 is 0. The maximum absolute atomic E-state index is 11.5. The van der Waals surface area contributed by atoms with Crippen molar-refractivity contribution in [2.24, 2.45) is 0 Å². The van der Waals surface area contributed by atoms with Gasteiger partial charge in [-0.05, 0) is 18.2 Å². The fraction of sp³-hybridized carbons (Fsp3) is 0.231. The Labute approximate surface area is 105 Å². The Morgan fingerprint density at radius 1 is 1.28 bits per heavy atom. The van der Waals surface area contributed by atoms with E-state index in [0.717, 1.165) is 23.0 Å². The summed E-state index contributed by atoms with van der Waals surface area (Å²) >= 11 is 0. The van der Waals surface area contributed by atoms with Crippen molar-refractivity contribution in [2.45, 2.75) is 0 Å². The minimum atomic E-state index is 0.0558. The highest BCUT2D eigenvalue weighted by molar-refractivity contribution is 6.01. The summed E-state index contributed by atoms with van der Waals surface area (Å²) in [6.45, 7) is 1.88. The van der Waals surface area contributed by atoms with E-state index in [9.17, 15) is 4.79 Å². The van der Waals surface area contributed by atoms with Gasteiger partial charge in [0.05, 0.1) is 6.54 Å². The Morgan fingerprint density at radius 2 is 2.17 bits per heavy atom. The predicted octanol–water partition coefficient (Wildman–Crippen LogP) is 0.753. The first kappa shape index (κ1) is 10.8. The standard InChI is InChI=1S/C13H14N4O/c14-11-1-2-12(9-3-4-15-7-10(9)11)17-6-5-16-13(18)8-17/h1-4,7H,5-6,8,14H2,(H,16,18). The minimum absolute atomic E-state index is 0.0558. The van der Waals surface area contributed by atoms with E-state index < -0.39 is 0 Å². The average Bonchev–Trinajstić information content (AvgIpc) is 2.39. The van der Waals surface area contributed by atoms with Crippen LogP contribution in [0, 0.1) is 0 Å². The van der Waals surface area contributed by atoms with E-state index in [1.54, 1.807) is 12.4 Å². The molecular weight excluding hydrogens is 228 g/mol. The van der Waals surface area contributed by atoms with Gasteiger partial charge in [-0.25, -0.2) is 0 Å². The van der Waals surface area contributed by atoms with Crippen molar-refractivity contribution in [3.63, 3.8) is 0 Å². The maximum Gasteiger partial charge on any atom is 0.239 e. The number of hydrogen-bond acceptors (Lipinski definition) is 4. The van der Waals surface area contributed by atoms with Gasteiger partial charge in [-0.15, -0.1) is 0 Å². The zero-order valence-corrected chi connectivity index (χ0v) is 9.89. The van der Waals surface area contributed by atoms with Crippen LogP contribution in [-0.4, -0.2) is 30.5 Å². The Kier molecular flexibility index (Phi) is 2.51. The monoisotopic (exact) mass is 242 g/mol. The van der Waals surface area contributed by atoms with Gasteiger partial charge < -0.3 is 16.0 Å². The molecule has 1 amide bonds. The third kappa shape index (κ3) is 1.73. The van der Waals surface area contributed by atoms with Crippen LogP contribution < -0.4 is 16.0 Å². The summed E-state index contributed by atoms with van der Waals surface area (Å²) in [4.78, 5) is 17.6. The molecule has 0 unspecified atom stereocenters. The van der Waals surface area contributed by atoms with Crippen LogP contribution in [-0.2, 0) is 4.79 Å². The van der Waals surface area contributed by atoms with Crippen LogP contribution >= 0.6 is 0 Å². The summed E-state index contributed by atoms with van der Waals surface area (Å²) in [5, 5.41) is 4.80. The van der Waals surface area contributed by atoms with Crippen molar-refractivity contribution in [1.29, 1.82) is 0 Å². The number of amides is 1. The maximum atomic E-state index is 11.5. The fourth-order valence-electron chi connectivity index (χ4n) is 2.32. The van der Waals surface area contributed by atoms with Crippen LogP contribution in [0.2, 0.25) is 0 Å². The van der Waals surface area contributed by atoms with E-state index >= 15 is 0 Å². The van der Waals surface area contributed by atoms with E-state index in [2.05, 4.69) is 15.2 Å². The number of nitrogens with one attached hydrogen (secondary N) is 1. The molecule has 1 aliphatic rings. The highest BCUT2D eigenvalue weighted by Gasteiger charge is 2.18. The van der Waals surface area contributed by atoms with E-state index in [4.69, 9.17) is 5.73 Å². The molecule has 0 radical (unpaired) electrons. The molecule has 92 valence electrons. The predicted molar refractivity (Wildman–Crippen MR) is 71.4 cm³/mol. The van der Waals surface area contributed by atoms with Gasteiger partial charge in [-0.1, -0.05) is 0 Å². The molecule has 0 saturated carbocycles. The molecule has 1 aromatic heterocycles. The summed E-state index contributed by atoms with van der Waals surface area (Å²) in [7, 11) is 0. The lowest BCUT2D eigenvalue weighted by Crippen LogP contribution is -2.47. The third-order valence-electron chi connectivity index (χ3n) is 3.21. The number of nitrogens with zero attached hydrogens (tertiary/aromatic N) is 2. The third-order valence-corrected chi connectivity index (χ3v) is 3.21. The number of nitrogen functional groups attached to an aromatic ring is 1. The average molecular weight is 242 g/mol. The molecule has 1 fully saturated rings. The fourth-order valence-corrected chi connectivity index (χ4v) is 2.32. The molecule has 1 aromatic carbocycles. The van der Waals surface area contributed by atoms with E-state index in [1.807, 2.05) is 18.2 Å².